The van der Waals surface area contributed by atoms with E-state index in [9.17, 15) is 9.59 Å². The van der Waals surface area contributed by atoms with Crippen LogP contribution < -0.4 is 4.90 Å². The zero-order valence-electron chi connectivity index (χ0n) is 10.4. The monoisotopic (exact) mass is 252 g/mol. The number of methoxy groups -OCH3 is 1. The van der Waals surface area contributed by atoms with E-state index in [1.807, 2.05) is 6.92 Å². The first kappa shape index (κ1) is 14.0. The number of carboxylic acids is 1. The molecule has 0 spiro atoms. The van der Waals surface area contributed by atoms with Crippen molar-refractivity contribution in [3.63, 3.8) is 0 Å². The average Bonchev–Trinajstić information content (AvgIpc) is 2.38. The third-order valence-corrected chi connectivity index (χ3v) is 2.47. The van der Waals surface area contributed by atoms with E-state index in [-0.39, 0.29) is 6.42 Å². The van der Waals surface area contributed by atoms with Gasteiger partial charge in [0.05, 0.1) is 13.5 Å². The van der Waals surface area contributed by atoms with Gasteiger partial charge in [-0.1, -0.05) is 0 Å². The highest BCUT2D eigenvalue weighted by Crippen LogP contribution is 2.18. The number of esters is 1. The molecule has 0 saturated heterocycles. The van der Waals surface area contributed by atoms with Crippen molar-refractivity contribution in [1.82, 2.24) is 4.98 Å². The molecule has 0 aromatic carbocycles. The van der Waals surface area contributed by atoms with E-state index in [4.69, 9.17) is 5.11 Å². The molecule has 6 nitrogen and oxygen atoms in total. The summed E-state index contributed by atoms with van der Waals surface area (Å²) in [7, 11) is 1.30. The van der Waals surface area contributed by atoms with Crippen molar-refractivity contribution in [2.45, 2.75) is 13.3 Å². The first-order valence-corrected chi connectivity index (χ1v) is 5.60. The number of hydrogen-bond acceptors (Lipinski definition) is 5. The van der Waals surface area contributed by atoms with Gasteiger partial charge >= 0.3 is 11.9 Å². The Balaban J connectivity index is 2.97. The molecule has 0 aliphatic carbocycles. The summed E-state index contributed by atoms with van der Waals surface area (Å²) in [5.74, 6) is -0.913. The van der Waals surface area contributed by atoms with Gasteiger partial charge in [0.1, 0.15) is 11.4 Å². The van der Waals surface area contributed by atoms with Crippen LogP contribution in [0.3, 0.4) is 0 Å². The van der Waals surface area contributed by atoms with Crippen molar-refractivity contribution in [2.24, 2.45) is 0 Å². The molecule has 0 unspecified atom stereocenters. The fourth-order valence-corrected chi connectivity index (χ4v) is 1.56. The third kappa shape index (κ3) is 3.44. The molecule has 0 bridgehead atoms. The molecule has 1 aromatic heterocycles. The molecule has 18 heavy (non-hydrogen) atoms. The highest BCUT2D eigenvalue weighted by Gasteiger charge is 2.17. The van der Waals surface area contributed by atoms with Gasteiger partial charge in [0, 0.05) is 19.3 Å². The Bertz CT molecular complexity index is 434. The second-order valence-electron chi connectivity index (χ2n) is 3.59. The molecule has 1 heterocycles. The number of aliphatic carboxylic acids is 1. The normalized spacial score (nSPS) is 9.89. The number of anilines is 1. The van der Waals surface area contributed by atoms with Crippen LogP contribution in [0.2, 0.25) is 0 Å². The van der Waals surface area contributed by atoms with Gasteiger partial charge in [-0.15, -0.1) is 0 Å². The molecule has 0 aliphatic rings. The lowest BCUT2D eigenvalue weighted by atomic mass is 10.2. The number of pyridine rings is 1. The molecule has 0 radical (unpaired) electrons. The van der Waals surface area contributed by atoms with Crippen LogP contribution in [-0.4, -0.2) is 42.2 Å². The summed E-state index contributed by atoms with van der Waals surface area (Å²) < 4.78 is 4.68. The summed E-state index contributed by atoms with van der Waals surface area (Å²) in [5.41, 5.74) is 0.340. The lowest BCUT2D eigenvalue weighted by Gasteiger charge is -2.22. The number of carboxylic acid groups (broad SMARTS) is 1. The van der Waals surface area contributed by atoms with E-state index in [1.54, 1.807) is 23.2 Å². The second kappa shape index (κ2) is 6.58. The average molecular weight is 252 g/mol. The SMILES string of the molecule is CCN(CCC(=O)O)c1ncccc1C(=O)OC. The number of rotatable bonds is 6. The third-order valence-electron chi connectivity index (χ3n) is 2.47. The van der Waals surface area contributed by atoms with E-state index in [1.165, 1.54) is 7.11 Å². The van der Waals surface area contributed by atoms with Crippen LogP contribution in [0, 0.1) is 0 Å². The fraction of sp³-hybridized carbons (Fsp3) is 0.417. The van der Waals surface area contributed by atoms with Gasteiger partial charge in [-0.3, -0.25) is 4.79 Å². The van der Waals surface area contributed by atoms with Gasteiger partial charge in [-0.2, -0.15) is 0 Å². The van der Waals surface area contributed by atoms with E-state index >= 15 is 0 Å². The van der Waals surface area contributed by atoms with Gasteiger partial charge in [0.2, 0.25) is 0 Å². The molecule has 0 aliphatic heterocycles. The number of aromatic nitrogens is 1. The number of nitrogens with zero attached hydrogens (tertiary/aromatic N) is 2. The summed E-state index contributed by atoms with van der Waals surface area (Å²) in [6.07, 6.45) is 1.55. The summed E-state index contributed by atoms with van der Waals surface area (Å²) in [4.78, 5) is 28.0. The number of ether oxygens (including phenoxy) is 1. The molecule has 0 atom stereocenters. The Labute approximate surface area is 105 Å². The van der Waals surface area contributed by atoms with Crippen molar-refractivity contribution in [1.29, 1.82) is 0 Å². The first-order valence-electron chi connectivity index (χ1n) is 5.60. The van der Waals surface area contributed by atoms with Crippen LogP contribution in [0.15, 0.2) is 18.3 Å². The van der Waals surface area contributed by atoms with Crippen LogP contribution in [0.5, 0.6) is 0 Å². The van der Waals surface area contributed by atoms with Gasteiger partial charge in [-0.05, 0) is 19.1 Å². The van der Waals surface area contributed by atoms with Crippen LogP contribution in [0.25, 0.3) is 0 Å². The molecule has 1 aromatic rings. The van der Waals surface area contributed by atoms with Crippen molar-refractivity contribution < 1.29 is 19.4 Å². The van der Waals surface area contributed by atoms with Gasteiger partial charge < -0.3 is 14.7 Å². The molecule has 98 valence electrons. The molecule has 1 N–H and O–H groups in total. The predicted molar refractivity (Wildman–Crippen MR) is 65.7 cm³/mol. The second-order valence-corrected chi connectivity index (χ2v) is 3.59. The maximum atomic E-state index is 11.6. The molecule has 1 rings (SSSR count). The van der Waals surface area contributed by atoms with Gasteiger partial charge in [-0.25, -0.2) is 9.78 Å². The Morgan fingerprint density at radius 2 is 2.22 bits per heavy atom. The van der Waals surface area contributed by atoms with Crippen LogP contribution in [-0.2, 0) is 9.53 Å². The van der Waals surface area contributed by atoms with Crippen LogP contribution >= 0.6 is 0 Å². The van der Waals surface area contributed by atoms with E-state index in [0.717, 1.165) is 0 Å². The van der Waals surface area contributed by atoms with Crippen LogP contribution in [0.1, 0.15) is 23.7 Å². The predicted octanol–water partition coefficient (Wildman–Crippen LogP) is 1.17. The van der Waals surface area contributed by atoms with Gasteiger partial charge in [0.25, 0.3) is 0 Å². The van der Waals surface area contributed by atoms with Crippen molar-refractivity contribution in [2.75, 3.05) is 25.1 Å². The minimum atomic E-state index is -0.885. The highest BCUT2D eigenvalue weighted by atomic mass is 16.5. The van der Waals surface area contributed by atoms with E-state index < -0.39 is 11.9 Å². The van der Waals surface area contributed by atoms with E-state index in [2.05, 4.69) is 9.72 Å². The lowest BCUT2D eigenvalue weighted by molar-refractivity contribution is -0.136. The topological polar surface area (TPSA) is 79.7 Å². The first-order chi connectivity index (χ1) is 8.60. The van der Waals surface area contributed by atoms with Gasteiger partial charge in [0.15, 0.2) is 0 Å². The summed E-state index contributed by atoms with van der Waals surface area (Å²) >= 11 is 0. The van der Waals surface area contributed by atoms with E-state index in [0.29, 0.717) is 24.5 Å². The molecule has 6 heteroatoms. The standard InChI is InChI=1S/C12H16N2O4/c1-3-14(8-6-10(15)16)11-9(12(17)18-2)5-4-7-13-11/h4-5,7H,3,6,8H2,1-2H3,(H,15,16). The van der Waals surface area contributed by atoms with Crippen molar-refractivity contribution in [3.8, 4) is 0 Å². The molecule has 0 amide bonds. The Morgan fingerprint density at radius 3 is 2.78 bits per heavy atom. The summed E-state index contributed by atoms with van der Waals surface area (Å²) in [6.45, 7) is 2.73. The van der Waals surface area contributed by atoms with Crippen LogP contribution in [0.4, 0.5) is 5.82 Å². The Kier molecular flexibility index (Phi) is 5.10. The minimum Gasteiger partial charge on any atom is -0.481 e. The largest absolute Gasteiger partial charge is 0.481 e. The Morgan fingerprint density at radius 1 is 1.50 bits per heavy atom. The fourth-order valence-electron chi connectivity index (χ4n) is 1.56. The number of carbonyl (C=O) groups excluding carboxylic acids is 1. The zero-order valence-corrected chi connectivity index (χ0v) is 10.4. The number of hydrogen-bond donors (Lipinski definition) is 1. The minimum absolute atomic E-state index is 0.00890. The molecule has 0 fully saturated rings. The smallest absolute Gasteiger partial charge is 0.341 e. The molecule has 0 saturated carbocycles. The quantitative estimate of drug-likeness (QED) is 0.765. The van der Waals surface area contributed by atoms with Crippen molar-refractivity contribution in [3.05, 3.63) is 23.9 Å². The number of carbonyl (C=O) groups is 2. The maximum absolute atomic E-state index is 11.6. The molecular formula is C12H16N2O4. The Hall–Kier alpha value is -2.11. The highest BCUT2D eigenvalue weighted by molar-refractivity contribution is 5.94. The zero-order chi connectivity index (χ0) is 13.5. The summed E-state index contributed by atoms with van der Waals surface area (Å²) in [5, 5.41) is 8.69. The molecular weight excluding hydrogens is 236 g/mol. The lowest BCUT2D eigenvalue weighted by Crippen LogP contribution is -2.28. The van der Waals surface area contributed by atoms with Crippen molar-refractivity contribution >= 4 is 17.8 Å². The summed E-state index contributed by atoms with van der Waals surface area (Å²) in [6, 6.07) is 3.25. The maximum Gasteiger partial charge on any atom is 0.341 e.